The van der Waals surface area contributed by atoms with Gasteiger partial charge in [0, 0.05) is 18.8 Å². The van der Waals surface area contributed by atoms with Gasteiger partial charge in [0.25, 0.3) is 0 Å². The largest absolute Gasteiger partial charge is 0.481 e. The van der Waals surface area contributed by atoms with E-state index in [4.69, 9.17) is 4.74 Å². The predicted octanol–water partition coefficient (Wildman–Crippen LogP) is 1.29. The number of amides is 2. The summed E-state index contributed by atoms with van der Waals surface area (Å²) in [5.74, 6) is -0.506. The van der Waals surface area contributed by atoms with E-state index in [1.54, 1.807) is 18.3 Å². The van der Waals surface area contributed by atoms with Gasteiger partial charge in [0.1, 0.15) is 5.54 Å². The number of carboxylic acid groups (broad SMARTS) is 1. The molecular formula is C14H19N3O4. The van der Waals surface area contributed by atoms with Gasteiger partial charge in [0.15, 0.2) is 0 Å². The fraction of sp³-hybridized carbons (Fsp3) is 0.500. The number of aliphatic carboxylic acids is 1. The number of methoxy groups -OCH3 is 1. The molecule has 114 valence electrons. The first-order valence-corrected chi connectivity index (χ1v) is 6.84. The lowest BCUT2D eigenvalue weighted by atomic mass is 9.98. The zero-order valence-corrected chi connectivity index (χ0v) is 11.9. The highest BCUT2D eigenvalue weighted by molar-refractivity contribution is 5.86. The second-order valence-electron chi connectivity index (χ2n) is 5.11. The van der Waals surface area contributed by atoms with Crippen molar-refractivity contribution < 1.29 is 19.4 Å². The number of rotatable bonds is 5. The van der Waals surface area contributed by atoms with Crippen LogP contribution in [0.1, 0.15) is 31.2 Å². The molecule has 7 nitrogen and oxygen atoms in total. The molecule has 0 atom stereocenters. The van der Waals surface area contributed by atoms with Gasteiger partial charge in [-0.15, -0.1) is 0 Å². The minimum atomic E-state index is -1.12. The van der Waals surface area contributed by atoms with Gasteiger partial charge in [-0.2, -0.15) is 0 Å². The second-order valence-corrected chi connectivity index (χ2v) is 5.11. The van der Waals surface area contributed by atoms with Gasteiger partial charge < -0.3 is 20.5 Å². The van der Waals surface area contributed by atoms with E-state index in [2.05, 4.69) is 15.6 Å². The smallest absolute Gasteiger partial charge is 0.329 e. The first kappa shape index (κ1) is 15.1. The summed E-state index contributed by atoms with van der Waals surface area (Å²) in [6.45, 7) is 0.278. The van der Waals surface area contributed by atoms with Crippen LogP contribution in [0.2, 0.25) is 0 Å². The number of aromatic nitrogens is 1. The molecule has 0 spiro atoms. The molecule has 1 fully saturated rings. The van der Waals surface area contributed by atoms with Gasteiger partial charge in [-0.1, -0.05) is 12.8 Å². The van der Waals surface area contributed by atoms with E-state index in [-0.39, 0.29) is 6.54 Å². The summed E-state index contributed by atoms with van der Waals surface area (Å²) in [5.41, 5.74) is -0.298. The van der Waals surface area contributed by atoms with Crippen LogP contribution in [0.4, 0.5) is 4.79 Å². The average Bonchev–Trinajstić information content (AvgIpc) is 2.95. The normalized spacial score (nSPS) is 16.2. The maximum absolute atomic E-state index is 11.9. The number of pyridine rings is 1. The van der Waals surface area contributed by atoms with Crippen LogP contribution in [-0.2, 0) is 11.3 Å². The Morgan fingerprint density at radius 1 is 1.43 bits per heavy atom. The number of carbonyl (C=O) groups is 2. The number of urea groups is 1. The number of carbonyl (C=O) groups excluding carboxylic acids is 1. The highest BCUT2D eigenvalue weighted by atomic mass is 16.5. The van der Waals surface area contributed by atoms with E-state index in [1.807, 2.05) is 0 Å². The van der Waals surface area contributed by atoms with Crippen molar-refractivity contribution in [3.63, 3.8) is 0 Å². The lowest BCUT2D eigenvalue weighted by molar-refractivity contribution is -0.144. The Labute approximate surface area is 122 Å². The molecule has 21 heavy (non-hydrogen) atoms. The maximum Gasteiger partial charge on any atom is 0.329 e. The van der Waals surface area contributed by atoms with Crippen molar-refractivity contribution in [1.29, 1.82) is 0 Å². The van der Waals surface area contributed by atoms with E-state index in [1.165, 1.54) is 7.11 Å². The Morgan fingerprint density at radius 2 is 2.14 bits per heavy atom. The van der Waals surface area contributed by atoms with Gasteiger partial charge >= 0.3 is 12.0 Å². The van der Waals surface area contributed by atoms with Crippen molar-refractivity contribution in [2.24, 2.45) is 0 Å². The Morgan fingerprint density at radius 3 is 2.76 bits per heavy atom. The average molecular weight is 293 g/mol. The SMILES string of the molecule is COc1cc(CNC(=O)NC2(C(=O)O)CCCC2)ccn1. The summed E-state index contributed by atoms with van der Waals surface area (Å²) in [5, 5.41) is 14.6. The fourth-order valence-electron chi connectivity index (χ4n) is 2.49. The first-order chi connectivity index (χ1) is 10.1. The van der Waals surface area contributed by atoms with Crippen molar-refractivity contribution in [1.82, 2.24) is 15.6 Å². The van der Waals surface area contributed by atoms with E-state index in [0.29, 0.717) is 18.7 Å². The summed E-state index contributed by atoms with van der Waals surface area (Å²) < 4.78 is 5.00. The van der Waals surface area contributed by atoms with Crippen molar-refractivity contribution in [2.45, 2.75) is 37.8 Å². The van der Waals surface area contributed by atoms with Crippen LogP contribution in [0.5, 0.6) is 5.88 Å². The summed E-state index contributed by atoms with van der Waals surface area (Å²) in [7, 11) is 1.52. The van der Waals surface area contributed by atoms with Gasteiger partial charge in [-0.25, -0.2) is 14.6 Å². The number of carboxylic acids is 1. The molecule has 1 aromatic rings. The second kappa shape index (κ2) is 6.43. The van der Waals surface area contributed by atoms with Crippen LogP contribution in [0, 0.1) is 0 Å². The number of ether oxygens (including phenoxy) is 1. The van der Waals surface area contributed by atoms with Gasteiger partial charge in [-0.05, 0) is 24.5 Å². The molecule has 2 rings (SSSR count). The quantitative estimate of drug-likeness (QED) is 0.759. The van der Waals surface area contributed by atoms with Crippen molar-refractivity contribution >= 4 is 12.0 Å². The molecule has 3 N–H and O–H groups in total. The van der Waals surface area contributed by atoms with Crippen LogP contribution < -0.4 is 15.4 Å². The van der Waals surface area contributed by atoms with E-state index in [0.717, 1.165) is 18.4 Å². The topological polar surface area (TPSA) is 101 Å². The van der Waals surface area contributed by atoms with E-state index < -0.39 is 17.5 Å². The monoisotopic (exact) mass is 293 g/mol. The molecule has 0 unspecified atom stereocenters. The number of nitrogens with one attached hydrogen (secondary N) is 2. The van der Waals surface area contributed by atoms with Crippen LogP contribution in [0.3, 0.4) is 0 Å². The van der Waals surface area contributed by atoms with Gasteiger partial charge in [0.2, 0.25) is 5.88 Å². The highest BCUT2D eigenvalue weighted by Crippen LogP contribution is 2.29. The molecular weight excluding hydrogens is 274 g/mol. The molecule has 2 amide bonds. The number of hydrogen-bond acceptors (Lipinski definition) is 4. The Hall–Kier alpha value is -2.31. The highest BCUT2D eigenvalue weighted by Gasteiger charge is 2.42. The molecule has 1 aliphatic rings. The minimum Gasteiger partial charge on any atom is -0.481 e. The zero-order valence-electron chi connectivity index (χ0n) is 11.9. The first-order valence-electron chi connectivity index (χ1n) is 6.84. The summed E-state index contributed by atoms with van der Waals surface area (Å²) in [6.07, 6.45) is 4.16. The van der Waals surface area contributed by atoms with Crippen LogP contribution in [-0.4, -0.2) is 34.7 Å². The molecule has 0 aromatic carbocycles. The van der Waals surface area contributed by atoms with E-state index in [9.17, 15) is 14.7 Å². The standard InChI is InChI=1S/C14H19N3O4/c1-21-11-8-10(4-7-15-11)9-16-13(20)17-14(12(18)19)5-2-3-6-14/h4,7-8H,2-3,5-6,9H2,1H3,(H,18,19)(H2,16,17,20). The van der Waals surface area contributed by atoms with E-state index >= 15 is 0 Å². The molecule has 0 aliphatic heterocycles. The van der Waals surface area contributed by atoms with Crippen molar-refractivity contribution in [3.8, 4) is 5.88 Å². The molecule has 1 aliphatic carbocycles. The third-order valence-electron chi connectivity index (χ3n) is 3.68. The fourth-order valence-corrected chi connectivity index (χ4v) is 2.49. The molecule has 0 radical (unpaired) electrons. The third kappa shape index (κ3) is 3.62. The number of hydrogen-bond donors (Lipinski definition) is 3. The van der Waals surface area contributed by atoms with Gasteiger partial charge in [0.05, 0.1) is 7.11 Å². The lowest BCUT2D eigenvalue weighted by Crippen LogP contribution is -2.55. The van der Waals surface area contributed by atoms with Crippen LogP contribution in [0.25, 0.3) is 0 Å². The molecule has 1 heterocycles. The zero-order chi connectivity index (χ0) is 15.3. The van der Waals surface area contributed by atoms with Gasteiger partial charge in [-0.3, -0.25) is 0 Å². The van der Waals surface area contributed by atoms with Crippen LogP contribution in [0.15, 0.2) is 18.3 Å². The number of nitrogens with zero attached hydrogens (tertiary/aromatic N) is 1. The molecule has 1 aromatic heterocycles. The molecule has 0 bridgehead atoms. The molecule has 0 saturated heterocycles. The Kier molecular flexibility index (Phi) is 4.62. The molecule has 1 saturated carbocycles. The van der Waals surface area contributed by atoms with Crippen LogP contribution >= 0.6 is 0 Å². The summed E-state index contributed by atoms with van der Waals surface area (Å²) >= 11 is 0. The van der Waals surface area contributed by atoms with Crippen molar-refractivity contribution in [3.05, 3.63) is 23.9 Å². The van der Waals surface area contributed by atoms with Crippen molar-refractivity contribution in [2.75, 3.05) is 7.11 Å². The minimum absolute atomic E-state index is 0.278. The Bertz CT molecular complexity index is 527. The Balaban J connectivity index is 1.91. The third-order valence-corrected chi connectivity index (χ3v) is 3.68. The summed E-state index contributed by atoms with van der Waals surface area (Å²) in [6, 6.07) is 2.99. The molecule has 7 heteroatoms. The lowest BCUT2D eigenvalue weighted by Gasteiger charge is -2.25. The predicted molar refractivity (Wildman–Crippen MR) is 75.0 cm³/mol. The summed E-state index contributed by atoms with van der Waals surface area (Å²) in [4.78, 5) is 27.2. The maximum atomic E-state index is 11.9.